The molecule has 0 aliphatic carbocycles. The number of carbonyl (C=O) groups is 4. The van der Waals surface area contributed by atoms with Gasteiger partial charge in [0.25, 0.3) is 28.4 Å². The van der Waals surface area contributed by atoms with Crippen LogP contribution in [0.15, 0.2) is 78.9 Å². The maximum Gasteiger partial charge on any atom is 1.00 e. The van der Waals surface area contributed by atoms with Gasteiger partial charge in [-0.25, -0.2) is 45.5 Å². The first kappa shape index (κ1) is 106. The van der Waals surface area contributed by atoms with Gasteiger partial charge in [0, 0.05) is 48.7 Å². The number of nitriles is 2. The molecule has 34 nitrogen and oxygen atoms in total. The van der Waals surface area contributed by atoms with E-state index in [-0.39, 0.29) is 163 Å². The van der Waals surface area contributed by atoms with Crippen LogP contribution in [0, 0.1) is 133 Å². The van der Waals surface area contributed by atoms with Gasteiger partial charge in [0.15, 0.2) is 17.5 Å². The fourth-order valence-corrected chi connectivity index (χ4v) is 8.57. The molecule has 105 heavy (non-hydrogen) atoms. The molecule has 0 amide bonds. The third kappa shape index (κ3) is 33.1. The van der Waals surface area contributed by atoms with Gasteiger partial charge >= 0.3 is 92.8 Å². The summed E-state index contributed by atoms with van der Waals surface area (Å²) in [5.41, 5.74) is 1.94. The molecule has 6 aromatic rings. The van der Waals surface area contributed by atoms with Crippen LogP contribution in [0.25, 0.3) is 0 Å². The number of esters is 3. The molecule has 1 atom stereocenters. The Hall–Kier alpha value is -7.41. The van der Waals surface area contributed by atoms with Gasteiger partial charge in [0.2, 0.25) is 0 Å². The van der Waals surface area contributed by atoms with Crippen molar-refractivity contribution in [3.05, 3.63) is 220 Å². The topological polar surface area (TPSA) is 549 Å². The minimum Gasteiger partial charge on any atom is -0.870 e. The van der Waals surface area contributed by atoms with Crippen LogP contribution in [0.3, 0.4) is 0 Å². The third-order valence-corrected chi connectivity index (χ3v) is 15.6. The van der Waals surface area contributed by atoms with Crippen molar-refractivity contribution < 1.29 is 178 Å². The molecule has 47 heteroatoms. The van der Waals surface area contributed by atoms with Crippen molar-refractivity contribution in [1.29, 1.82) is 10.5 Å². The minimum absolute atomic E-state index is 0. The third-order valence-electron chi connectivity index (χ3n) is 12.6. The summed E-state index contributed by atoms with van der Waals surface area (Å²) in [4.78, 5) is 91.6. The molecule has 0 saturated carbocycles. The van der Waals surface area contributed by atoms with Gasteiger partial charge in [-0.05, 0) is 157 Å². The predicted molar refractivity (Wildman–Crippen MR) is 385 cm³/mol. The molecule has 0 radical (unpaired) electrons. The van der Waals surface area contributed by atoms with Crippen LogP contribution in [0.5, 0.6) is 0 Å². The Bertz CT molecular complexity index is 4210. The van der Waals surface area contributed by atoms with E-state index in [1.807, 2.05) is 0 Å². The zero-order valence-electron chi connectivity index (χ0n) is 57.1. The number of carbonyl (C=O) groups excluding carboxylic acids is 3. The maximum absolute atomic E-state index is 13.5. The van der Waals surface area contributed by atoms with Crippen molar-refractivity contribution in [2.24, 2.45) is 0 Å². The van der Waals surface area contributed by atoms with Crippen molar-refractivity contribution in [2.45, 2.75) is 78.8 Å². The Morgan fingerprint density at radius 3 is 1.15 bits per heavy atom. The van der Waals surface area contributed by atoms with E-state index in [1.165, 1.54) is 101 Å². The van der Waals surface area contributed by atoms with Gasteiger partial charge in [-0.15, -0.1) is 0 Å². The van der Waals surface area contributed by atoms with E-state index in [2.05, 4.69) is 62.7 Å². The van der Waals surface area contributed by atoms with Gasteiger partial charge < -0.3 is 44.9 Å². The Morgan fingerprint density at radius 1 is 0.552 bits per heavy atom. The second-order valence-corrected chi connectivity index (χ2v) is 25.0. The second-order valence-electron chi connectivity index (χ2n) is 20.8. The number of anilines is 1. The van der Waals surface area contributed by atoms with Crippen molar-refractivity contribution in [2.75, 3.05) is 34.2 Å². The summed E-state index contributed by atoms with van der Waals surface area (Å²) in [7, 11) is -0.348. The zero-order valence-corrected chi connectivity index (χ0v) is 68.9. The van der Waals surface area contributed by atoms with Gasteiger partial charge in [-0.1, -0.05) is 20.8 Å². The summed E-state index contributed by atoms with van der Waals surface area (Å²) < 4.78 is 135. The number of aliphatic hydroxyl groups excluding tert-OH is 1. The maximum atomic E-state index is 13.5. The number of benzene rings is 6. The summed E-state index contributed by atoms with van der Waals surface area (Å²) in [5.74, 6) is -9.11. The molecule has 6 aromatic carbocycles. The molecule has 0 aromatic heterocycles. The zero-order chi connectivity index (χ0) is 80.2. The van der Waals surface area contributed by atoms with Crippen LogP contribution in [0.2, 0.25) is 5.31 Å². The standard InChI is InChI=1S/C10H21BO2.C9H8FNO4.C9H10FNO2.C8H5FINO4.C7H2FIN2O2.C7H3FINO4.C7H3FN2O2.CH4O.K.H2O4S.H2O.H3P/c1-8(2,3)11-12-9(4,5)10(6,7)13-11;1-5-7(11(13)14)4-3-6(8(5)10)9(12)15-2;1-5-7(11)4-3-6(8(5)10)9(12)13-2;1-15-8(12)4-2-3-5(11(13)14)7(10)6(4)9;8-6-4(3-10)1-2-5(7(6)9)11(12)13;8-5-3(7(11)12)1-2-4(6(5)9)10(13)14;8-7-3-6(10(11)12)2-1-5(7)4-9;1-2;;1-5(2,3)4;;/h1-7H3;3-4H,1-2H3;3-4H,11H2,1-2H3;2-3H,1H3;1-2H;1-2H,(H,11,12);1-3H;2H,1H3;;(H2,1,2,3,4);1H2;1H3/q;;;;;;;;+1;;;/p-1. The van der Waals surface area contributed by atoms with Crippen LogP contribution in [-0.4, -0.2) is 128 Å². The number of hydrogen-bond donors (Lipinski definition) is 5. The van der Waals surface area contributed by atoms with E-state index in [0.29, 0.717) is 5.69 Å². The second kappa shape index (κ2) is 48.0. The molecule has 1 saturated heterocycles. The monoisotopic (exact) mass is 1890 g/mol. The summed E-state index contributed by atoms with van der Waals surface area (Å²) in [6.45, 7) is 17.5. The Labute approximate surface area is 679 Å². The number of hydrogen-bond acceptors (Lipinski definition) is 26. The number of aliphatic hydroxyl groups is 1. The molecule has 1 unspecified atom stereocenters. The number of nitrogen functional groups attached to an aromatic ring is 1. The normalized spacial score (nSPS) is 11.4. The molecule has 0 bridgehead atoms. The molecule has 7 N–H and O–H groups in total. The molecule has 1 fully saturated rings. The average molecular weight is 1890 g/mol. The fourth-order valence-electron chi connectivity index (χ4n) is 6.57. The van der Waals surface area contributed by atoms with Crippen LogP contribution < -0.4 is 57.1 Å². The van der Waals surface area contributed by atoms with Crippen LogP contribution >= 0.6 is 77.7 Å². The number of carboxylic acid groups (broad SMARTS) is 1. The smallest absolute Gasteiger partial charge is 0.870 e. The molecule has 0 spiro atoms. The van der Waals surface area contributed by atoms with E-state index in [9.17, 15) is 96.1 Å². The molecule has 1 aliphatic heterocycles. The number of nitro groups is 5. The van der Waals surface area contributed by atoms with Crippen molar-refractivity contribution in [3.63, 3.8) is 0 Å². The predicted octanol–water partition coefficient (Wildman–Crippen LogP) is 10.0. The van der Waals surface area contributed by atoms with Crippen molar-refractivity contribution in [3.8, 4) is 12.1 Å². The number of nitrogens with two attached hydrogens (primary N) is 1. The number of aromatic carboxylic acids is 1. The summed E-state index contributed by atoms with van der Waals surface area (Å²) in [6.07, 6.45) is 0. The van der Waals surface area contributed by atoms with E-state index >= 15 is 0 Å². The first-order valence-corrected chi connectivity index (χ1v) is 31.5. The van der Waals surface area contributed by atoms with E-state index in [4.69, 9.17) is 53.3 Å². The number of ether oxygens (including phenoxy) is 3. The Balaban J connectivity index is -0.000000363. The minimum atomic E-state index is -4.67. The summed E-state index contributed by atoms with van der Waals surface area (Å²) in [5, 5.41) is 83.9. The molecule has 1 heterocycles. The molecule has 1 aliphatic rings. The SMILES string of the molecule is CC(C)(C)B1OC(C)(C)C(C)(C)O1.CO.COC(=O)c1ccc(N)c(C)c1F.COC(=O)c1ccc([N+](=O)[O-])c(C)c1F.COC(=O)c1ccc([N+](=O)[O-])c(I)c1F.N#Cc1ccc([N+](=O)[O-])c(I)c1F.N#Cc1ccc([N+](=O)[O-])cc1F.O=C(O)c1ccc([N+](=O)[O-])c(I)c1F.O=S(=O)(O)O.P.[K+].[OH-]. The summed E-state index contributed by atoms with van der Waals surface area (Å²) in [6, 6.07) is 17.1. The molecule has 7 rings (SSSR count). The van der Waals surface area contributed by atoms with Gasteiger partial charge in [0.05, 0.1) is 102 Å². The molecule has 568 valence electrons. The number of halogens is 9. The Morgan fingerprint density at radius 2 is 0.848 bits per heavy atom. The number of carboxylic acids is 1. The number of methoxy groups -OCH3 is 3. The van der Waals surface area contributed by atoms with Crippen LogP contribution in [0.4, 0.5) is 60.5 Å². The number of nitro benzene ring substituents is 5. The fraction of sp³-hybridized carbons (Fsp3) is 0.276. The van der Waals surface area contributed by atoms with Crippen LogP contribution in [0.1, 0.15) is 112 Å². The molecular formula is C58H62BF6I3KN8O26PS. The van der Waals surface area contributed by atoms with Crippen molar-refractivity contribution >= 4 is 153 Å². The van der Waals surface area contributed by atoms with Gasteiger partial charge in [-0.2, -0.15) is 28.8 Å². The van der Waals surface area contributed by atoms with E-state index < -0.39 is 105 Å². The van der Waals surface area contributed by atoms with E-state index in [0.717, 1.165) is 88.1 Å². The largest absolute Gasteiger partial charge is 1.00 e. The number of rotatable bonds is 9. The number of nitrogens with zero attached hydrogens (tertiary/aromatic N) is 7. The van der Waals surface area contributed by atoms with E-state index in [1.54, 1.807) is 12.1 Å². The quantitative estimate of drug-likeness (QED) is 0.00858. The Kier molecular flexibility index (Phi) is 48.6. The average Bonchev–Trinajstić information content (AvgIpc) is 1.63. The van der Waals surface area contributed by atoms with Gasteiger partial charge in [-0.3, -0.25) is 59.7 Å². The number of non-ortho nitro benzene ring substituents is 1. The van der Waals surface area contributed by atoms with Crippen molar-refractivity contribution in [1.82, 2.24) is 0 Å². The first-order valence-electron chi connectivity index (χ1n) is 26.9. The first-order chi connectivity index (χ1) is 46.8. The molecular weight excluding hydrogens is 1830 g/mol. The van der Waals surface area contributed by atoms with Crippen LogP contribution in [-0.2, 0) is 33.9 Å². The summed E-state index contributed by atoms with van der Waals surface area (Å²) >= 11 is 4.37. The van der Waals surface area contributed by atoms with Gasteiger partial charge in [0.1, 0.15) is 40.3 Å².